The van der Waals surface area contributed by atoms with Gasteiger partial charge in [0, 0.05) is 25.8 Å². The molecule has 0 bridgehead atoms. The van der Waals surface area contributed by atoms with Gasteiger partial charge < -0.3 is 0 Å². The van der Waals surface area contributed by atoms with Crippen molar-refractivity contribution in [3.63, 3.8) is 0 Å². The van der Waals surface area contributed by atoms with Crippen LogP contribution in [0.3, 0.4) is 0 Å². The van der Waals surface area contributed by atoms with Crippen molar-refractivity contribution in [3.05, 3.63) is 91.0 Å². The van der Waals surface area contributed by atoms with Crippen molar-refractivity contribution in [3.8, 4) is 0 Å². The molecule has 3 aromatic rings. The fourth-order valence-electron chi connectivity index (χ4n) is 2.81. The van der Waals surface area contributed by atoms with Crippen molar-refractivity contribution in [2.24, 2.45) is 0 Å². The van der Waals surface area contributed by atoms with Gasteiger partial charge in [-0.15, -0.1) is 0 Å². The molecule has 0 spiro atoms. The van der Waals surface area contributed by atoms with Crippen LogP contribution in [-0.2, 0) is 25.8 Å². The average molecular weight is 339 g/mol. The minimum atomic E-state index is -1.74. The molecule has 0 nitrogen and oxygen atoms in total. The molecule has 103 valence electrons. The molecule has 0 unspecified atom stereocenters. The van der Waals surface area contributed by atoms with Crippen LogP contribution < -0.4 is 15.9 Å². The first-order valence-corrected chi connectivity index (χ1v) is 12.5. The molecule has 0 heterocycles. The number of hydrogen-bond donors (Lipinski definition) is 0. The number of benzene rings is 3. The topological polar surface area (TPSA) is 0 Å². The van der Waals surface area contributed by atoms with Gasteiger partial charge in [-0.3, -0.25) is 0 Å². The average Bonchev–Trinajstić information content (AvgIpc) is 2.56. The van der Waals surface area contributed by atoms with E-state index >= 15 is 0 Å². The van der Waals surface area contributed by atoms with E-state index in [1.165, 1.54) is 25.8 Å². The molecule has 0 aliphatic heterocycles. The van der Waals surface area contributed by atoms with E-state index in [1.807, 2.05) is 0 Å². The Bertz CT molecular complexity index is 575. The van der Waals surface area contributed by atoms with Gasteiger partial charge in [0.2, 0.25) is 0 Å². The molecule has 3 rings (SSSR count). The molecule has 0 saturated heterocycles. The van der Waals surface area contributed by atoms with Crippen LogP contribution in [0, 0.1) is 0 Å². The molecular formula is C18H19PScSi. The maximum absolute atomic E-state index is 2.30. The predicted molar refractivity (Wildman–Crippen MR) is 96.5 cm³/mol. The summed E-state index contributed by atoms with van der Waals surface area (Å²) in [5, 5.41) is 4.55. The summed E-state index contributed by atoms with van der Waals surface area (Å²) in [7, 11) is 1.17. The molecule has 0 aromatic heterocycles. The van der Waals surface area contributed by atoms with Gasteiger partial charge in [0.25, 0.3) is 0 Å². The Hall–Kier alpha value is -0.823. The van der Waals surface area contributed by atoms with Gasteiger partial charge in [0.05, 0.1) is 0 Å². The van der Waals surface area contributed by atoms with Crippen LogP contribution in [0.2, 0.25) is 0 Å². The SMILES string of the molecule is [Sc].[SiH3][PH](c1ccccc1)(c1ccccc1)c1ccccc1. The van der Waals surface area contributed by atoms with Gasteiger partial charge in [-0.1, -0.05) is 0 Å². The predicted octanol–water partition coefficient (Wildman–Crippen LogP) is 1.99. The molecule has 3 heteroatoms. The quantitative estimate of drug-likeness (QED) is 0.506. The van der Waals surface area contributed by atoms with Crippen LogP contribution in [0.25, 0.3) is 0 Å². The Kier molecular flexibility index (Phi) is 5.86. The van der Waals surface area contributed by atoms with Crippen molar-refractivity contribution < 1.29 is 25.8 Å². The Morgan fingerprint density at radius 1 is 0.476 bits per heavy atom. The van der Waals surface area contributed by atoms with E-state index in [2.05, 4.69) is 91.0 Å². The molecule has 0 atom stereocenters. The zero-order valence-electron chi connectivity index (χ0n) is 12.2. The zero-order chi connectivity index (χ0) is 13.8. The number of hydrogen-bond acceptors (Lipinski definition) is 0. The van der Waals surface area contributed by atoms with E-state index in [-0.39, 0.29) is 25.8 Å². The van der Waals surface area contributed by atoms with Gasteiger partial charge in [0.1, 0.15) is 0 Å². The van der Waals surface area contributed by atoms with E-state index in [4.69, 9.17) is 0 Å². The van der Waals surface area contributed by atoms with Crippen LogP contribution in [0.1, 0.15) is 0 Å². The van der Waals surface area contributed by atoms with E-state index < -0.39 is 6.81 Å². The van der Waals surface area contributed by atoms with Crippen molar-refractivity contribution >= 4 is 32.6 Å². The van der Waals surface area contributed by atoms with E-state index in [1.54, 1.807) is 0 Å². The second-order valence-corrected chi connectivity index (χ2v) is 13.7. The van der Waals surface area contributed by atoms with Crippen LogP contribution in [0.4, 0.5) is 0 Å². The Balaban J connectivity index is 0.00000161. The second kappa shape index (κ2) is 7.44. The van der Waals surface area contributed by atoms with Crippen molar-refractivity contribution in [1.29, 1.82) is 0 Å². The zero-order valence-corrected chi connectivity index (χ0v) is 17.0. The summed E-state index contributed by atoms with van der Waals surface area (Å²) < 4.78 is 0. The molecular weight excluding hydrogens is 320 g/mol. The minimum absolute atomic E-state index is 0. The van der Waals surface area contributed by atoms with E-state index in [0.29, 0.717) is 0 Å². The standard InChI is InChI=1S/C18H19PSi.Sc/c20-19(16-10-4-1-5-11-16,17-12-6-2-7-13-17)18-14-8-3-9-15-18;/h1-15,19H,20H3;. The van der Waals surface area contributed by atoms with Crippen LogP contribution in [0.15, 0.2) is 91.0 Å². The summed E-state index contributed by atoms with van der Waals surface area (Å²) in [6.07, 6.45) is 0. The number of rotatable bonds is 3. The molecule has 0 N–H and O–H groups in total. The summed E-state index contributed by atoms with van der Waals surface area (Å²) in [4.78, 5) is 0. The Morgan fingerprint density at radius 2 is 0.714 bits per heavy atom. The molecule has 0 amide bonds. The summed E-state index contributed by atoms with van der Waals surface area (Å²) in [6, 6.07) is 33.2. The molecule has 0 fully saturated rings. The third kappa shape index (κ3) is 3.34. The summed E-state index contributed by atoms with van der Waals surface area (Å²) in [5.41, 5.74) is 0. The van der Waals surface area contributed by atoms with Crippen molar-refractivity contribution in [1.82, 2.24) is 0 Å². The molecule has 0 saturated carbocycles. The molecule has 21 heavy (non-hydrogen) atoms. The Morgan fingerprint density at radius 3 is 0.952 bits per heavy atom. The normalized spacial score (nSPS) is 11.6. The first kappa shape index (κ1) is 16.5. The van der Waals surface area contributed by atoms with E-state index in [0.717, 1.165) is 0 Å². The molecule has 0 aliphatic carbocycles. The van der Waals surface area contributed by atoms with Crippen molar-refractivity contribution in [2.45, 2.75) is 0 Å². The van der Waals surface area contributed by atoms with Crippen molar-refractivity contribution in [2.75, 3.05) is 0 Å². The fourth-order valence-corrected chi connectivity index (χ4v) is 9.39. The molecule has 3 aromatic carbocycles. The molecule has 0 aliphatic rings. The Labute approximate surface area is 149 Å². The summed E-state index contributed by atoms with van der Waals surface area (Å²) in [5.74, 6) is 0. The monoisotopic (exact) mass is 339 g/mol. The third-order valence-electron chi connectivity index (χ3n) is 4.05. The maximum atomic E-state index is 2.30. The van der Waals surface area contributed by atoms with Crippen LogP contribution >= 0.6 is 6.81 Å². The van der Waals surface area contributed by atoms with Gasteiger partial charge in [-0.2, -0.15) is 0 Å². The van der Waals surface area contributed by atoms with Gasteiger partial charge >= 0.3 is 124 Å². The second-order valence-electron chi connectivity index (χ2n) is 5.22. The third-order valence-corrected chi connectivity index (χ3v) is 13.7. The summed E-state index contributed by atoms with van der Waals surface area (Å²) >= 11 is 0. The first-order valence-electron chi connectivity index (χ1n) is 6.98. The first-order chi connectivity index (χ1) is 9.82. The molecule has 1 radical (unpaired) electrons. The van der Waals surface area contributed by atoms with Crippen LogP contribution in [-0.4, -0.2) is 9.91 Å². The van der Waals surface area contributed by atoms with Crippen LogP contribution in [0.5, 0.6) is 0 Å². The van der Waals surface area contributed by atoms with Gasteiger partial charge in [-0.25, -0.2) is 0 Å². The fraction of sp³-hybridized carbons (Fsp3) is 0. The van der Waals surface area contributed by atoms with Gasteiger partial charge in [-0.05, 0) is 0 Å². The van der Waals surface area contributed by atoms with Gasteiger partial charge in [0.15, 0.2) is 0 Å². The van der Waals surface area contributed by atoms with E-state index in [9.17, 15) is 0 Å². The summed E-state index contributed by atoms with van der Waals surface area (Å²) in [6.45, 7) is -1.74.